The van der Waals surface area contributed by atoms with Gasteiger partial charge in [-0.05, 0) is 32.8 Å². The second-order valence-corrected chi connectivity index (χ2v) is 4.46. The molecule has 0 amide bonds. The van der Waals surface area contributed by atoms with Crippen LogP contribution in [0.15, 0.2) is 6.07 Å². The smallest absolute Gasteiger partial charge is 0.0597 e. The van der Waals surface area contributed by atoms with E-state index in [2.05, 4.69) is 35.0 Å². The van der Waals surface area contributed by atoms with Gasteiger partial charge in [-0.3, -0.25) is 4.68 Å². The molecule has 0 saturated heterocycles. The summed E-state index contributed by atoms with van der Waals surface area (Å²) in [6, 6.07) is 2.93. The van der Waals surface area contributed by atoms with Crippen molar-refractivity contribution in [3.8, 4) is 0 Å². The first-order valence-electron chi connectivity index (χ1n) is 6.06. The summed E-state index contributed by atoms with van der Waals surface area (Å²) in [7, 11) is 0. The number of nitrogens with one attached hydrogen (secondary N) is 1. The Hall–Kier alpha value is -0.830. The molecule has 0 atom stereocenters. The van der Waals surface area contributed by atoms with E-state index >= 15 is 0 Å². The average molecular weight is 207 g/mol. The van der Waals surface area contributed by atoms with Gasteiger partial charge in [0, 0.05) is 19.1 Å². The Balaban J connectivity index is 1.91. The average Bonchev–Trinajstić information content (AvgIpc) is 2.83. The third kappa shape index (κ3) is 2.59. The van der Waals surface area contributed by atoms with Crippen LogP contribution in [-0.2, 0) is 13.1 Å². The Morgan fingerprint density at radius 1 is 1.47 bits per heavy atom. The quantitative estimate of drug-likeness (QED) is 0.820. The number of rotatable bonds is 4. The zero-order chi connectivity index (χ0) is 10.7. The molecule has 0 radical (unpaired) electrons. The normalized spacial score (nSPS) is 17.5. The van der Waals surface area contributed by atoms with Crippen LogP contribution in [0.5, 0.6) is 0 Å². The molecule has 0 bridgehead atoms. The molecule has 0 spiro atoms. The van der Waals surface area contributed by atoms with Crippen molar-refractivity contribution in [1.29, 1.82) is 0 Å². The highest BCUT2D eigenvalue weighted by Crippen LogP contribution is 2.18. The first kappa shape index (κ1) is 10.7. The molecule has 1 fully saturated rings. The third-order valence-corrected chi connectivity index (χ3v) is 3.21. The van der Waals surface area contributed by atoms with Crippen molar-refractivity contribution >= 4 is 0 Å². The van der Waals surface area contributed by atoms with Crippen LogP contribution in [-0.4, -0.2) is 15.8 Å². The van der Waals surface area contributed by atoms with E-state index in [-0.39, 0.29) is 0 Å². The molecule has 0 aliphatic heterocycles. The Labute approximate surface area is 91.9 Å². The molecule has 15 heavy (non-hydrogen) atoms. The van der Waals surface area contributed by atoms with E-state index in [0.717, 1.165) is 24.8 Å². The van der Waals surface area contributed by atoms with E-state index in [0.29, 0.717) is 0 Å². The van der Waals surface area contributed by atoms with Crippen LogP contribution in [0.1, 0.15) is 44.0 Å². The zero-order valence-corrected chi connectivity index (χ0v) is 9.79. The van der Waals surface area contributed by atoms with Gasteiger partial charge in [-0.2, -0.15) is 5.10 Å². The maximum Gasteiger partial charge on any atom is 0.0597 e. The summed E-state index contributed by atoms with van der Waals surface area (Å²) in [5.41, 5.74) is 2.45. The summed E-state index contributed by atoms with van der Waals surface area (Å²) in [6.07, 6.45) is 5.48. The minimum Gasteiger partial charge on any atom is -0.308 e. The highest BCUT2D eigenvalue weighted by Gasteiger charge is 2.14. The monoisotopic (exact) mass is 207 g/mol. The van der Waals surface area contributed by atoms with Crippen LogP contribution in [0.25, 0.3) is 0 Å². The maximum atomic E-state index is 4.45. The molecule has 1 aromatic heterocycles. The number of hydrogen-bond acceptors (Lipinski definition) is 2. The fourth-order valence-electron chi connectivity index (χ4n) is 2.39. The Morgan fingerprint density at radius 2 is 2.20 bits per heavy atom. The van der Waals surface area contributed by atoms with Crippen LogP contribution < -0.4 is 5.32 Å². The second kappa shape index (κ2) is 4.79. The summed E-state index contributed by atoms with van der Waals surface area (Å²) in [5, 5.41) is 8.08. The Bertz CT molecular complexity index is 311. The van der Waals surface area contributed by atoms with E-state index in [1.165, 1.54) is 31.4 Å². The summed E-state index contributed by atoms with van der Waals surface area (Å²) in [5.74, 6) is 0. The van der Waals surface area contributed by atoms with Gasteiger partial charge in [0.1, 0.15) is 0 Å². The number of nitrogens with zero attached hydrogens (tertiary/aromatic N) is 2. The summed E-state index contributed by atoms with van der Waals surface area (Å²) >= 11 is 0. The van der Waals surface area contributed by atoms with Crippen LogP contribution >= 0.6 is 0 Å². The van der Waals surface area contributed by atoms with Gasteiger partial charge in [-0.15, -0.1) is 0 Å². The lowest BCUT2D eigenvalue weighted by atomic mass is 10.2. The first-order chi connectivity index (χ1) is 7.29. The molecule has 1 heterocycles. The number of aromatic nitrogens is 2. The highest BCUT2D eigenvalue weighted by molar-refractivity contribution is 5.08. The molecule has 3 heteroatoms. The first-order valence-corrected chi connectivity index (χ1v) is 6.06. The fraction of sp³-hybridized carbons (Fsp3) is 0.750. The van der Waals surface area contributed by atoms with E-state index in [1.54, 1.807) is 0 Å². The zero-order valence-electron chi connectivity index (χ0n) is 9.79. The molecule has 84 valence electrons. The lowest BCUT2D eigenvalue weighted by Gasteiger charge is -2.12. The van der Waals surface area contributed by atoms with Crippen LogP contribution in [0.2, 0.25) is 0 Å². The van der Waals surface area contributed by atoms with Crippen molar-refractivity contribution in [2.75, 3.05) is 0 Å². The fourth-order valence-corrected chi connectivity index (χ4v) is 2.39. The van der Waals surface area contributed by atoms with Crippen LogP contribution in [0, 0.1) is 6.92 Å². The minimum absolute atomic E-state index is 0.741. The molecule has 1 aliphatic carbocycles. The maximum absolute atomic E-state index is 4.45. The standard InChI is InChI=1S/C12H21N3/c1-3-15-12(8-10(2)14-15)9-13-11-6-4-5-7-11/h8,11,13H,3-7,9H2,1-2H3. The lowest BCUT2D eigenvalue weighted by Crippen LogP contribution is -2.26. The molecule has 1 aliphatic rings. The third-order valence-electron chi connectivity index (χ3n) is 3.21. The lowest BCUT2D eigenvalue weighted by molar-refractivity contribution is 0.498. The number of aryl methyl sites for hydroxylation is 2. The van der Waals surface area contributed by atoms with Gasteiger partial charge in [-0.25, -0.2) is 0 Å². The van der Waals surface area contributed by atoms with Gasteiger partial charge in [0.25, 0.3) is 0 Å². The van der Waals surface area contributed by atoms with Crippen LogP contribution in [0.3, 0.4) is 0 Å². The van der Waals surface area contributed by atoms with Gasteiger partial charge in [0.05, 0.1) is 11.4 Å². The molecule has 0 aromatic carbocycles. The topological polar surface area (TPSA) is 29.9 Å². The van der Waals surface area contributed by atoms with E-state index in [9.17, 15) is 0 Å². The second-order valence-electron chi connectivity index (χ2n) is 4.46. The molecule has 0 unspecified atom stereocenters. The predicted molar refractivity (Wildman–Crippen MR) is 61.7 cm³/mol. The Morgan fingerprint density at radius 3 is 2.87 bits per heavy atom. The van der Waals surface area contributed by atoms with Crippen molar-refractivity contribution in [3.63, 3.8) is 0 Å². The van der Waals surface area contributed by atoms with Gasteiger partial charge in [0.2, 0.25) is 0 Å². The minimum atomic E-state index is 0.741. The summed E-state index contributed by atoms with van der Waals surface area (Å²) < 4.78 is 2.09. The molecule has 3 nitrogen and oxygen atoms in total. The molecule has 1 N–H and O–H groups in total. The van der Waals surface area contributed by atoms with E-state index in [1.807, 2.05) is 0 Å². The van der Waals surface area contributed by atoms with Gasteiger partial charge in [0.15, 0.2) is 0 Å². The Kier molecular flexibility index (Phi) is 3.41. The van der Waals surface area contributed by atoms with Gasteiger partial charge in [-0.1, -0.05) is 12.8 Å². The molecule has 1 aromatic rings. The molecule has 2 rings (SSSR count). The van der Waals surface area contributed by atoms with Crippen molar-refractivity contribution < 1.29 is 0 Å². The van der Waals surface area contributed by atoms with E-state index < -0.39 is 0 Å². The molecular formula is C12H21N3. The SMILES string of the molecule is CCn1nc(C)cc1CNC1CCCC1. The largest absolute Gasteiger partial charge is 0.308 e. The highest BCUT2D eigenvalue weighted by atomic mass is 15.3. The van der Waals surface area contributed by atoms with E-state index in [4.69, 9.17) is 0 Å². The predicted octanol–water partition coefficient (Wildman–Crippen LogP) is 2.24. The van der Waals surface area contributed by atoms with Crippen molar-refractivity contribution in [2.24, 2.45) is 0 Å². The summed E-state index contributed by atoms with van der Waals surface area (Å²) in [4.78, 5) is 0. The van der Waals surface area contributed by atoms with Crippen molar-refractivity contribution in [3.05, 3.63) is 17.5 Å². The van der Waals surface area contributed by atoms with Crippen molar-refractivity contribution in [2.45, 2.75) is 58.7 Å². The van der Waals surface area contributed by atoms with Gasteiger partial charge < -0.3 is 5.32 Å². The summed E-state index contributed by atoms with van der Waals surface area (Å²) in [6.45, 7) is 6.14. The molecule has 1 saturated carbocycles. The number of hydrogen-bond donors (Lipinski definition) is 1. The molecular weight excluding hydrogens is 186 g/mol. The van der Waals surface area contributed by atoms with Crippen molar-refractivity contribution in [1.82, 2.24) is 15.1 Å². The van der Waals surface area contributed by atoms with Crippen LogP contribution in [0.4, 0.5) is 0 Å². The van der Waals surface area contributed by atoms with Gasteiger partial charge >= 0.3 is 0 Å².